The number of carbonyl (C=O) groups is 1. The van der Waals surface area contributed by atoms with Gasteiger partial charge in [-0.3, -0.25) is 0 Å². The minimum atomic E-state index is -0.329. The van der Waals surface area contributed by atoms with E-state index in [0.717, 1.165) is 35.4 Å². The van der Waals surface area contributed by atoms with Crippen LogP contribution in [0.5, 0.6) is 5.75 Å². The van der Waals surface area contributed by atoms with Gasteiger partial charge in [-0.2, -0.15) is 0 Å². The van der Waals surface area contributed by atoms with Gasteiger partial charge in [0.2, 0.25) is 0 Å². The summed E-state index contributed by atoms with van der Waals surface area (Å²) in [4.78, 5) is 14.7. The molecule has 0 amide bonds. The van der Waals surface area contributed by atoms with E-state index in [4.69, 9.17) is 9.47 Å². The van der Waals surface area contributed by atoms with Crippen LogP contribution in [-0.2, 0) is 11.2 Å². The number of ether oxygens (including phenoxy) is 2. The highest BCUT2D eigenvalue weighted by Crippen LogP contribution is 2.34. The molecule has 0 radical (unpaired) electrons. The Labute approximate surface area is 123 Å². The van der Waals surface area contributed by atoms with Gasteiger partial charge in [-0.25, -0.2) is 4.79 Å². The highest BCUT2D eigenvalue weighted by atomic mass is 16.5. The van der Waals surface area contributed by atoms with Crippen LogP contribution in [0.4, 0.5) is 0 Å². The van der Waals surface area contributed by atoms with E-state index >= 15 is 0 Å². The van der Waals surface area contributed by atoms with Crippen molar-refractivity contribution in [3.63, 3.8) is 0 Å². The number of methoxy groups -OCH3 is 2. The predicted molar refractivity (Wildman–Crippen MR) is 81.3 cm³/mol. The molecule has 4 heteroatoms. The molecule has 0 unspecified atom stereocenters. The number of allylic oxidation sites excluding steroid dienone is 1. The fourth-order valence-electron chi connectivity index (χ4n) is 2.68. The van der Waals surface area contributed by atoms with E-state index in [0.29, 0.717) is 5.69 Å². The molecule has 21 heavy (non-hydrogen) atoms. The Hall–Kier alpha value is -2.49. The lowest BCUT2D eigenvalue weighted by Crippen LogP contribution is -2.01. The van der Waals surface area contributed by atoms with E-state index in [2.05, 4.69) is 11.1 Å². The number of H-pyrrole nitrogens is 1. The van der Waals surface area contributed by atoms with Crippen LogP contribution < -0.4 is 4.74 Å². The van der Waals surface area contributed by atoms with Gasteiger partial charge in [-0.15, -0.1) is 0 Å². The Bertz CT molecular complexity index is 713. The third-order valence-corrected chi connectivity index (χ3v) is 3.73. The van der Waals surface area contributed by atoms with E-state index in [1.54, 1.807) is 7.11 Å². The molecule has 1 aromatic carbocycles. The molecule has 1 N–H and O–H groups in total. The fourth-order valence-corrected chi connectivity index (χ4v) is 2.68. The number of fused-ring (bicyclic) bond motifs is 1. The molecule has 0 atom stereocenters. The lowest BCUT2D eigenvalue weighted by molar-refractivity contribution is 0.0594. The van der Waals surface area contributed by atoms with Crippen LogP contribution in [0.1, 0.15) is 33.7 Å². The summed E-state index contributed by atoms with van der Waals surface area (Å²) in [6, 6.07) is 9.81. The number of carbonyl (C=O) groups excluding carboxylic acids is 1. The molecular weight excluding hydrogens is 266 g/mol. The predicted octanol–water partition coefficient (Wildman–Crippen LogP) is 3.30. The zero-order valence-electron chi connectivity index (χ0n) is 12.1. The third-order valence-electron chi connectivity index (χ3n) is 3.73. The van der Waals surface area contributed by atoms with E-state index in [1.807, 2.05) is 30.3 Å². The topological polar surface area (TPSA) is 51.3 Å². The lowest BCUT2D eigenvalue weighted by atomic mass is 10.1. The molecule has 2 aromatic rings. The second-order valence-corrected chi connectivity index (χ2v) is 5.01. The van der Waals surface area contributed by atoms with Crippen LogP contribution >= 0.6 is 0 Å². The molecule has 0 aliphatic heterocycles. The molecule has 3 rings (SSSR count). The molecule has 0 saturated carbocycles. The number of aromatic amines is 1. The van der Waals surface area contributed by atoms with Crippen molar-refractivity contribution in [2.45, 2.75) is 12.8 Å². The Morgan fingerprint density at radius 1 is 1.24 bits per heavy atom. The highest BCUT2D eigenvalue weighted by molar-refractivity contribution is 5.92. The van der Waals surface area contributed by atoms with Crippen molar-refractivity contribution >= 4 is 17.6 Å². The smallest absolute Gasteiger partial charge is 0.354 e. The van der Waals surface area contributed by atoms with Crippen molar-refractivity contribution in [3.8, 4) is 5.75 Å². The Morgan fingerprint density at radius 2 is 2.10 bits per heavy atom. The van der Waals surface area contributed by atoms with Crippen LogP contribution in [0.2, 0.25) is 0 Å². The second-order valence-electron chi connectivity index (χ2n) is 5.01. The molecule has 1 aromatic heterocycles. The zero-order chi connectivity index (χ0) is 14.8. The van der Waals surface area contributed by atoms with Gasteiger partial charge < -0.3 is 14.5 Å². The van der Waals surface area contributed by atoms with Gasteiger partial charge >= 0.3 is 5.97 Å². The van der Waals surface area contributed by atoms with E-state index in [9.17, 15) is 4.79 Å². The van der Waals surface area contributed by atoms with Gasteiger partial charge in [0.15, 0.2) is 0 Å². The van der Waals surface area contributed by atoms with Crippen LogP contribution in [0.25, 0.3) is 11.6 Å². The van der Waals surface area contributed by atoms with Crippen LogP contribution in [-0.4, -0.2) is 25.2 Å². The summed E-state index contributed by atoms with van der Waals surface area (Å²) in [7, 11) is 3.05. The summed E-state index contributed by atoms with van der Waals surface area (Å²) < 4.78 is 9.99. The maximum atomic E-state index is 11.6. The molecule has 1 heterocycles. The molecule has 1 aliphatic carbocycles. The van der Waals surface area contributed by atoms with Gasteiger partial charge in [0, 0.05) is 5.69 Å². The van der Waals surface area contributed by atoms with Crippen molar-refractivity contribution in [2.75, 3.05) is 14.2 Å². The zero-order valence-corrected chi connectivity index (χ0v) is 12.1. The molecule has 0 bridgehead atoms. The average molecular weight is 283 g/mol. The Morgan fingerprint density at radius 3 is 2.86 bits per heavy atom. The van der Waals surface area contributed by atoms with Crippen molar-refractivity contribution in [2.24, 2.45) is 0 Å². The van der Waals surface area contributed by atoms with E-state index in [1.165, 1.54) is 12.7 Å². The average Bonchev–Trinajstić information content (AvgIpc) is 3.09. The van der Waals surface area contributed by atoms with Crippen molar-refractivity contribution in [1.82, 2.24) is 4.98 Å². The number of benzene rings is 1. The minimum Gasteiger partial charge on any atom is -0.497 e. The SMILES string of the molecule is COC(=O)c1cc2c([nH]1)CCC2=Cc1cccc(OC)c1. The van der Waals surface area contributed by atoms with Crippen LogP contribution in [0, 0.1) is 0 Å². The number of nitrogens with one attached hydrogen (secondary N) is 1. The van der Waals surface area contributed by atoms with Gasteiger partial charge in [-0.05, 0) is 47.7 Å². The lowest BCUT2D eigenvalue weighted by Gasteiger charge is -2.02. The first kappa shape index (κ1) is 13.5. The maximum Gasteiger partial charge on any atom is 0.354 e. The normalized spacial score (nSPS) is 15.0. The summed E-state index contributed by atoms with van der Waals surface area (Å²) in [5.41, 5.74) is 5.05. The molecule has 1 aliphatic rings. The summed E-state index contributed by atoms with van der Waals surface area (Å²) in [5.74, 6) is 0.511. The number of aromatic nitrogens is 1. The van der Waals surface area contributed by atoms with Gasteiger partial charge in [0.25, 0.3) is 0 Å². The highest BCUT2D eigenvalue weighted by Gasteiger charge is 2.21. The third kappa shape index (κ3) is 2.57. The number of esters is 1. The monoisotopic (exact) mass is 283 g/mol. The first-order valence-corrected chi connectivity index (χ1v) is 6.86. The maximum absolute atomic E-state index is 11.6. The minimum absolute atomic E-state index is 0.329. The van der Waals surface area contributed by atoms with Gasteiger partial charge in [-0.1, -0.05) is 18.2 Å². The van der Waals surface area contributed by atoms with Crippen LogP contribution in [0.3, 0.4) is 0 Å². The van der Waals surface area contributed by atoms with Gasteiger partial charge in [0.05, 0.1) is 14.2 Å². The number of hydrogen-bond acceptors (Lipinski definition) is 3. The van der Waals surface area contributed by atoms with E-state index in [-0.39, 0.29) is 5.97 Å². The first-order chi connectivity index (χ1) is 10.2. The fraction of sp³-hybridized carbons (Fsp3) is 0.235. The summed E-state index contributed by atoms with van der Waals surface area (Å²) >= 11 is 0. The Kier molecular flexibility index (Phi) is 3.52. The van der Waals surface area contributed by atoms with Crippen molar-refractivity contribution in [3.05, 3.63) is 52.8 Å². The summed E-state index contributed by atoms with van der Waals surface area (Å²) in [6.07, 6.45) is 4.03. The molecular formula is C17H17NO3. The number of hydrogen-bond donors (Lipinski definition) is 1. The molecule has 0 fully saturated rings. The summed E-state index contributed by atoms with van der Waals surface area (Å²) in [6.45, 7) is 0. The molecule has 4 nitrogen and oxygen atoms in total. The Balaban J connectivity index is 1.94. The quantitative estimate of drug-likeness (QED) is 0.879. The van der Waals surface area contributed by atoms with Crippen molar-refractivity contribution in [1.29, 1.82) is 0 Å². The molecule has 0 saturated heterocycles. The standard InChI is InChI=1S/C17H17NO3/c1-20-13-5-3-4-11(9-13)8-12-6-7-15-14(12)10-16(18-15)17(19)21-2/h3-5,8-10,18H,6-7H2,1-2H3. The van der Waals surface area contributed by atoms with Crippen molar-refractivity contribution < 1.29 is 14.3 Å². The number of aryl methyl sites for hydroxylation is 1. The summed E-state index contributed by atoms with van der Waals surface area (Å²) in [5, 5.41) is 0. The van der Waals surface area contributed by atoms with E-state index < -0.39 is 0 Å². The molecule has 0 spiro atoms. The number of rotatable bonds is 3. The van der Waals surface area contributed by atoms with Crippen LogP contribution in [0.15, 0.2) is 30.3 Å². The largest absolute Gasteiger partial charge is 0.497 e. The first-order valence-electron chi connectivity index (χ1n) is 6.86. The second kappa shape index (κ2) is 5.48. The van der Waals surface area contributed by atoms with Gasteiger partial charge in [0.1, 0.15) is 11.4 Å². The molecule has 108 valence electrons.